The molecule has 0 amide bonds. The van der Waals surface area contributed by atoms with Gasteiger partial charge in [-0.2, -0.15) is 5.10 Å². The summed E-state index contributed by atoms with van der Waals surface area (Å²) in [4.78, 5) is 0.249. The first-order valence-electron chi connectivity index (χ1n) is 5.66. The maximum atomic E-state index is 12.1. The molecule has 1 rings (SSSR count). The fourth-order valence-electron chi connectivity index (χ4n) is 1.54. The first-order valence-corrected chi connectivity index (χ1v) is 7.10. The normalized spacial score (nSPS) is 12.2. The zero-order valence-corrected chi connectivity index (χ0v) is 11.1. The van der Waals surface area contributed by atoms with Crippen molar-refractivity contribution in [2.24, 2.45) is 5.73 Å². The summed E-state index contributed by atoms with van der Waals surface area (Å²) < 4.78 is 25.6. The van der Waals surface area contributed by atoms with Crippen LogP contribution >= 0.6 is 0 Å². The molecular weight excluding hydrogens is 240 g/mol. The van der Waals surface area contributed by atoms with Gasteiger partial charge in [0.2, 0.25) is 10.0 Å². The van der Waals surface area contributed by atoms with Crippen LogP contribution in [0.25, 0.3) is 0 Å². The Hall–Kier alpha value is -0.920. The third-order valence-corrected chi connectivity index (χ3v) is 4.62. The van der Waals surface area contributed by atoms with Gasteiger partial charge in [-0.25, -0.2) is 12.7 Å². The molecule has 1 aromatic rings. The molecular formula is C10H20N4O2S. The molecule has 0 aliphatic heterocycles. The highest BCUT2D eigenvalue weighted by Gasteiger charge is 2.23. The minimum absolute atomic E-state index is 0.249. The zero-order valence-electron chi connectivity index (χ0n) is 10.3. The van der Waals surface area contributed by atoms with Gasteiger partial charge in [0.1, 0.15) is 4.90 Å². The summed E-state index contributed by atoms with van der Waals surface area (Å²) in [7, 11) is -1.82. The Labute approximate surface area is 102 Å². The number of sulfonamides is 1. The number of aryl methyl sites for hydroxylation is 1. The fraction of sp³-hybridized carbons (Fsp3) is 0.700. The number of aromatic amines is 1. The average Bonchev–Trinajstić information content (AvgIpc) is 2.71. The summed E-state index contributed by atoms with van der Waals surface area (Å²) in [5, 5.41) is 6.37. The van der Waals surface area contributed by atoms with Gasteiger partial charge < -0.3 is 5.73 Å². The molecule has 0 fully saturated rings. The molecule has 0 aliphatic carbocycles. The summed E-state index contributed by atoms with van der Waals surface area (Å²) in [6, 6.07) is 0. The van der Waals surface area contributed by atoms with Crippen molar-refractivity contribution >= 4 is 10.0 Å². The number of aromatic nitrogens is 2. The average molecular weight is 260 g/mol. The molecule has 0 saturated heterocycles. The van der Waals surface area contributed by atoms with Gasteiger partial charge in [0.15, 0.2) is 0 Å². The van der Waals surface area contributed by atoms with E-state index < -0.39 is 10.0 Å². The Morgan fingerprint density at radius 2 is 2.12 bits per heavy atom. The summed E-state index contributed by atoms with van der Waals surface area (Å²) in [5.74, 6) is 0. The molecule has 0 aliphatic rings. The van der Waals surface area contributed by atoms with Gasteiger partial charge >= 0.3 is 0 Å². The molecule has 0 unspecified atom stereocenters. The quantitative estimate of drug-likeness (QED) is 0.697. The standard InChI is InChI=1S/C10H20N4O2S/c1-9-10(8-12-13-9)17(15,16)14(2)7-5-3-4-6-11/h8H,3-7,11H2,1-2H3,(H,12,13). The molecule has 0 aromatic carbocycles. The number of rotatable bonds is 7. The second-order valence-corrected chi connectivity index (χ2v) is 6.05. The van der Waals surface area contributed by atoms with Gasteiger partial charge in [0.25, 0.3) is 0 Å². The summed E-state index contributed by atoms with van der Waals surface area (Å²) in [6.07, 6.45) is 4.05. The van der Waals surface area contributed by atoms with Gasteiger partial charge in [0.05, 0.1) is 11.9 Å². The highest BCUT2D eigenvalue weighted by molar-refractivity contribution is 7.89. The van der Waals surface area contributed by atoms with Crippen LogP contribution in [-0.4, -0.2) is 43.1 Å². The number of nitrogens with zero attached hydrogens (tertiary/aromatic N) is 2. The monoisotopic (exact) mass is 260 g/mol. The first kappa shape index (κ1) is 14.1. The fourth-order valence-corrected chi connectivity index (χ4v) is 2.87. The second kappa shape index (κ2) is 6.13. The van der Waals surface area contributed by atoms with Crippen LogP contribution in [0.15, 0.2) is 11.1 Å². The predicted octanol–water partition coefficient (Wildman–Crippen LogP) is 0.468. The molecule has 0 radical (unpaired) electrons. The minimum Gasteiger partial charge on any atom is -0.330 e. The summed E-state index contributed by atoms with van der Waals surface area (Å²) in [6.45, 7) is 2.85. The smallest absolute Gasteiger partial charge is 0.246 e. The van der Waals surface area contributed by atoms with Crippen LogP contribution in [0.3, 0.4) is 0 Å². The van der Waals surface area contributed by atoms with Gasteiger partial charge in [0, 0.05) is 13.6 Å². The van der Waals surface area contributed by atoms with E-state index in [-0.39, 0.29) is 4.90 Å². The molecule has 0 bridgehead atoms. The SMILES string of the molecule is Cc1[nH]ncc1S(=O)(=O)N(C)CCCCCN. The van der Waals surface area contributed by atoms with Crippen LogP contribution in [0.2, 0.25) is 0 Å². The number of H-pyrrole nitrogens is 1. The third-order valence-electron chi connectivity index (χ3n) is 2.65. The molecule has 7 heteroatoms. The van der Waals surface area contributed by atoms with Crippen LogP contribution in [0.1, 0.15) is 25.0 Å². The Morgan fingerprint density at radius 1 is 1.41 bits per heavy atom. The predicted molar refractivity (Wildman–Crippen MR) is 66.0 cm³/mol. The highest BCUT2D eigenvalue weighted by atomic mass is 32.2. The second-order valence-electron chi connectivity index (χ2n) is 4.04. The van der Waals surface area contributed by atoms with Crippen LogP contribution in [0.4, 0.5) is 0 Å². The van der Waals surface area contributed by atoms with Crippen molar-refractivity contribution in [3.05, 3.63) is 11.9 Å². The van der Waals surface area contributed by atoms with Crippen molar-refractivity contribution in [2.75, 3.05) is 20.1 Å². The number of hydrogen-bond acceptors (Lipinski definition) is 4. The van der Waals surface area contributed by atoms with Crippen molar-refractivity contribution in [3.63, 3.8) is 0 Å². The van der Waals surface area contributed by atoms with E-state index in [0.29, 0.717) is 18.8 Å². The maximum Gasteiger partial charge on any atom is 0.246 e. The molecule has 17 heavy (non-hydrogen) atoms. The van der Waals surface area contributed by atoms with E-state index in [0.717, 1.165) is 19.3 Å². The largest absolute Gasteiger partial charge is 0.330 e. The van der Waals surface area contributed by atoms with Crippen molar-refractivity contribution in [3.8, 4) is 0 Å². The third kappa shape index (κ3) is 3.52. The lowest BCUT2D eigenvalue weighted by molar-refractivity contribution is 0.452. The van der Waals surface area contributed by atoms with Crippen LogP contribution in [-0.2, 0) is 10.0 Å². The molecule has 6 nitrogen and oxygen atoms in total. The lowest BCUT2D eigenvalue weighted by Crippen LogP contribution is -2.28. The summed E-state index contributed by atoms with van der Waals surface area (Å²) >= 11 is 0. The lowest BCUT2D eigenvalue weighted by atomic mass is 10.2. The van der Waals surface area contributed by atoms with Crippen molar-refractivity contribution in [1.29, 1.82) is 0 Å². The highest BCUT2D eigenvalue weighted by Crippen LogP contribution is 2.16. The topological polar surface area (TPSA) is 92.1 Å². The van der Waals surface area contributed by atoms with Crippen LogP contribution in [0, 0.1) is 6.92 Å². The van der Waals surface area contributed by atoms with Crippen molar-refractivity contribution < 1.29 is 8.42 Å². The number of hydrogen-bond donors (Lipinski definition) is 2. The van der Waals surface area contributed by atoms with Crippen molar-refractivity contribution in [1.82, 2.24) is 14.5 Å². The van der Waals surface area contributed by atoms with Crippen LogP contribution in [0.5, 0.6) is 0 Å². The molecule has 1 heterocycles. The Bertz CT molecular complexity index is 441. The van der Waals surface area contributed by atoms with Crippen LogP contribution < -0.4 is 5.73 Å². The molecule has 3 N–H and O–H groups in total. The van der Waals surface area contributed by atoms with E-state index in [2.05, 4.69) is 10.2 Å². The number of unbranched alkanes of at least 4 members (excludes halogenated alkanes) is 2. The van der Waals surface area contributed by atoms with E-state index in [1.165, 1.54) is 10.5 Å². The molecule has 1 aromatic heterocycles. The maximum absolute atomic E-state index is 12.1. The molecule has 0 spiro atoms. The van der Waals surface area contributed by atoms with Gasteiger partial charge in [-0.15, -0.1) is 0 Å². The molecule has 0 atom stereocenters. The van der Waals surface area contributed by atoms with E-state index in [1.807, 2.05) is 0 Å². The number of nitrogens with two attached hydrogens (primary N) is 1. The van der Waals surface area contributed by atoms with Gasteiger partial charge in [-0.3, -0.25) is 5.10 Å². The molecule has 0 saturated carbocycles. The Balaban J connectivity index is 2.62. The van der Waals surface area contributed by atoms with E-state index >= 15 is 0 Å². The summed E-state index contributed by atoms with van der Waals surface area (Å²) in [5.41, 5.74) is 5.95. The lowest BCUT2D eigenvalue weighted by Gasteiger charge is -2.16. The van der Waals surface area contributed by atoms with Crippen molar-refractivity contribution in [2.45, 2.75) is 31.1 Å². The first-order chi connectivity index (χ1) is 8.00. The Kier molecular flexibility index (Phi) is 5.10. The van der Waals surface area contributed by atoms with Gasteiger partial charge in [-0.05, 0) is 26.3 Å². The molecule has 98 valence electrons. The number of nitrogens with one attached hydrogen (secondary N) is 1. The van der Waals surface area contributed by atoms with E-state index in [9.17, 15) is 8.42 Å². The minimum atomic E-state index is -3.41. The van der Waals surface area contributed by atoms with Gasteiger partial charge in [-0.1, -0.05) is 6.42 Å². The van der Waals surface area contributed by atoms with E-state index in [1.54, 1.807) is 14.0 Å². The zero-order chi connectivity index (χ0) is 12.9. The Morgan fingerprint density at radius 3 is 2.65 bits per heavy atom. The van der Waals surface area contributed by atoms with E-state index in [4.69, 9.17) is 5.73 Å².